The second-order valence-electron chi connectivity index (χ2n) is 12.1. The highest BCUT2D eigenvalue weighted by molar-refractivity contribution is 6.36. The highest BCUT2D eigenvalue weighted by atomic mass is 35.5. The third-order valence-corrected chi connectivity index (χ3v) is 9.85. The van der Waals surface area contributed by atoms with E-state index >= 15 is 0 Å². The molecular weight excluding hydrogens is 573 g/mol. The second kappa shape index (κ2) is 10.2. The van der Waals surface area contributed by atoms with Crippen LogP contribution in [-0.2, 0) is 0 Å². The van der Waals surface area contributed by atoms with Crippen molar-refractivity contribution in [2.45, 2.75) is 49.7 Å². The molecule has 3 fully saturated rings. The van der Waals surface area contributed by atoms with E-state index in [0.717, 1.165) is 68.5 Å². The van der Waals surface area contributed by atoms with Gasteiger partial charge in [0.05, 0.1) is 33.5 Å². The molecule has 2 aromatic heterocycles. The molecule has 4 aliphatic heterocycles. The number of nitrogens with zero attached hydrogens (tertiary/aromatic N) is 5. The summed E-state index contributed by atoms with van der Waals surface area (Å²) < 4.78 is 22.0. The van der Waals surface area contributed by atoms with Gasteiger partial charge >= 0.3 is 6.01 Å². The fraction of sp³-hybridized carbons (Fsp3) is 0.419. The van der Waals surface area contributed by atoms with Crippen molar-refractivity contribution in [1.82, 2.24) is 35.3 Å². The number of fused-ring (bicyclic) bond motifs is 5. The Hall–Kier alpha value is -3.64. The molecule has 3 N–H and O–H groups in total. The molecule has 4 aromatic rings. The third kappa shape index (κ3) is 4.48. The van der Waals surface area contributed by atoms with Crippen LogP contribution in [0.5, 0.6) is 11.8 Å². The molecule has 0 amide bonds. The zero-order valence-corrected chi connectivity index (χ0v) is 24.2. The number of aromatic nitrogens is 4. The van der Waals surface area contributed by atoms with E-state index in [0.29, 0.717) is 23.1 Å². The normalized spacial score (nSPS) is 23.1. The Labute approximate surface area is 251 Å². The van der Waals surface area contributed by atoms with Gasteiger partial charge in [-0.2, -0.15) is 19.7 Å². The predicted molar refractivity (Wildman–Crippen MR) is 162 cm³/mol. The van der Waals surface area contributed by atoms with Crippen LogP contribution < -0.4 is 20.9 Å². The van der Waals surface area contributed by atoms with Crippen LogP contribution in [0.2, 0.25) is 5.02 Å². The van der Waals surface area contributed by atoms with Crippen LogP contribution in [0.3, 0.4) is 0 Å². The second-order valence-corrected chi connectivity index (χ2v) is 12.5. The summed E-state index contributed by atoms with van der Waals surface area (Å²) in [6, 6.07) is 6.07. The number of rotatable bonds is 5. The Morgan fingerprint density at radius 2 is 2.00 bits per heavy atom. The van der Waals surface area contributed by atoms with Crippen molar-refractivity contribution in [3.63, 3.8) is 0 Å². The van der Waals surface area contributed by atoms with E-state index in [1.54, 1.807) is 6.20 Å². The van der Waals surface area contributed by atoms with E-state index < -0.39 is 11.4 Å². The van der Waals surface area contributed by atoms with Crippen LogP contribution in [0.25, 0.3) is 32.9 Å². The number of nitrogens with one attached hydrogen (secondary N) is 2. The van der Waals surface area contributed by atoms with Crippen molar-refractivity contribution in [2.75, 3.05) is 32.8 Å². The number of benzene rings is 2. The standard InChI is InChI=1S/C31H31ClFN7O3/c32-26-23(33)4-3-17-11-21(41)12-24(25(17)26)40-29(42)28-22(15-35-40)27(18-9-19-13-34-14-20(10-18)36-19)37-30(38-28)43-16-31-5-1-7-39(31)8-2-6-31/h3-4,9,11-12,15,19-20,34,36,41H,1-2,5-8,10,13-14,16H2. The molecule has 0 aliphatic carbocycles. The Morgan fingerprint density at radius 3 is 2.81 bits per heavy atom. The highest BCUT2D eigenvalue weighted by Gasteiger charge is 2.45. The first kappa shape index (κ1) is 26.9. The zero-order chi connectivity index (χ0) is 29.3. The molecule has 10 nitrogen and oxygen atoms in total. The molecule has 2 aromatic carbocycles. The fourth-order valence-corrected chi connectivity index (χ4v) is 7.76. The maximum Gasteiger partial charge on any atom is 0.317 e. The quantitative estimate of drug-likeness (QED) is 0.315. The minimum Gasteiger partial charge on any atom is -0.508 e. The summed E-state index contributed by atoms with van der Waals surface area (Å²) in [7, 11) is 0. The van der Waals surface area contributed by atoms with Crippen LogP contribution in [-0.4, -0.2) is 80.2 Å². The smallest absolute Gasteiger partial charge is 0.317 e. The lowest BCUT2D eigenvalue weighted by atomic mass is 9.92. The number of phenolic OH excluding ortho intramolecular Hbond substituents is 1. The lowest BCUT2D eigenvalue weighted by Crippen LogP contribution is -2.56. The van der Waals surface area contributed by atoms with Crippen molar-refractivity contribution in [2.24, 2.45) is 0 Å². The van der Waals surface area contributed by atoms with E-state index in [4.69, 9.17) is 21.3 Å². The summed E-state index contributed by atoms with van der Waals surface area (Å²) in [6.45, 7) is 4.24. The van der Waals surface area contributed by atoms with Crippen molar-refractivity contribution >= 4 is 38.8 Å². The SMILES string of the molecule is O=c1c2nc(OCC34CCCN3CCC4)nc(C3=CC4CNCC(C3)N4)c2cnn1-c1cc(O)cc2ccc(F)c(Cl)c12. The molecule has 2 atom stereocenters. The maximum absolute atomic E-state index is 14.6. The Bertz CT molecular complexity index is 1870. The average Bonchev–Trinajstić information content (AvgIpc) is 3.58. The molecule has 12 heteroatoms. The molecule has 0 spiro atoms. The van der Waals surface area contributed by atoms with Gasteiger partial charge in [0.2, 0.25) is 0 Å². The van der Waals surface area contributed by atoms with Crippen LogP contribution in [0.15, 0.2) is 41.3 Å². The van der Waals surface area contributed by atoms with Gasteiger partial charge in [-0.15, -0.1) is 0 Å². The number of aromatic hydroxyl groups is 1. The molecule has 43 heavy (non-hydrogen) atoms. The first-order valence-electron chi connectivity index (χ1n) is 14.9. The predicted octanol–water partition coefficient (Wildman–Crippen LogP) is 3.55. The van der Waals surface area contributed by atoms with Crippen molar-refractivity contribution in [3.8, 4) is 17.4 Å². The monoisotopic (exact) mass is 603 g/mol. The van der Waals surface area contributed by atoms with Gasteiger partial charge in [-0.3, -0.25) is 9.69 Å². The molecule has 2 bridgehead atoms. The molecule has 4 aliphatic rings. The largest absolute Gasteiger partial charge is 0.508 e. The van der Waals surface area contributed by atoms with E-state index in [1.807, 2.05) is 0 Å². The summed E-state index contributed by atoms with van der Waals surface area (Å²) in [5, 5.41) is 23.1. The van der Waals surface area contributed by atoms with Crippen molar-refractivity contribution in [1.29, 1.82) is 0 Å². The van der Waals surface area contributed by atoms with Crippen LogP contribution in [0.4, 0.5) is 4.39 Å². The van der Waals surface area contributed by atoms with Gasteiger partial charge in [0.25, 0.3) is 5.56 Å². The number of phenols is 1. The first-order chi connectivity index (χ1) is 20.9. The Kier molecular flexibility index (Phi) is 6.41. The van der Waals surface area contributed by atoms with Gasteiger partial charge in [0, 0.05) is 36.6 Å². The highest BCUT2D eigenvalue weighted by Crippen LogP contribution is 2.39. The van der Waals surface area contributed by atoms with E-state index in [9.17, 15) is 14.3 Å². The molecule has 6 heterocycles. The Morgan fingerprint density at radius 1 is 1.16 bits per heavy atom. The molecule has 0 saturated carbocycles. The zero-order valence-electron chi connectivity index (χ0n) is 23.4. The third-order valence-electron chi connectivity index (χ3n) is 9.48. The van der Waals surface area contributed by atoms with Gasteiger partial charge in [0.1, 0.15) is 23.7 Å². The molecule has 8 rings (SSSR count). The summed E-state index contributed by atoms with van der Waals surface area (Å²) in [4.78, 5) is 26.2. The number of halogens is 2. The van der Waals surface area contributed by atoms with E-state index in [2.05, 4.69) is 31.7 Å². The van der Waals surface area contributed by atoms with E-state index in [1.165, 1.54) is 24.3 Å². The summed E-state index contributed by atoms with van der Waals surface area (Å²) in [5.74, 6) is -0.747. The number of ether oxygens (including phenoxy) is 1. The molecular formula is C31H31ClFN7O3. The lowest BCUT2D eigenvalue weighted by molar-refractivity contribution is 0.107. The average molecular weight is 604 g/mol. The molecule has 2 unspecified atom stereocenters. The number of piperazine rings is 1. The van der Waals surface area contributed by atoms with Crippen molar-refractivity contribution < 1.29 is 14.2 Å². The van der Waals surface area contributed by atoms with E-state index in [-0.39, 0.29) is 51.0 Å². The van der Waals surface area contributed by atoms with Crippen LogP contribution >= 0.6 is 11.6 Å². The molecule has 3 saturated heterocycles. The van der Waals surface area contributed by atoms with Crippen LogP contribution in [0.1, 0.15) is 37.8 Å². The summed E-state index contributed by atoms with van der Waals surface area (Å²) in [5.41, 5.74) is 1.37. The lowest BCUT2D eigenvalue weighted by Gasteiger charge is -2.35. The first-order valence-corrected chi connectivity index (χ1v) is 15.2. The fourth-order valence-electron chi connectivity index (χ4n) is 7.49. The van der Waals surface area contributed by atoms with Gasteiger partial charge in [-0.1, -0.05) is 23.7 Å². The minimum absolute atomic E-state index is 0.0189. The molecule has 0 radical (unpaired) electrons. The summed E-state index contributed by atoms with van der Waals surface area (Å²) >= 11 is 6.38. The van der Waals surface area contributed by atoms with Gasteiger partial charge < -0.3 is 20.5 Å². The van der Waals surface area contributed by atoms with Gasteiger partial charge in [0.15, 0.2) is 0 Å². The topological polar surface area (TPSA) is 117 Å². The number of hydrogen-bond acceptors (Lipinski definition) is 9. The maximum atomic E-state index is 14.6. The Balaban J connectivity index is 1.30. The summed E-state index contributed by atoms with van der Waals surface area (Å²) in [6.07, 6.45) is 8.85. The minimum atomic E-state index is -0.639. The van der Waals surface area contributed by atoms with Crippen molar-refractivity contribution in [3.05, 3.63) is 63.4 Å². The van der Waals surface area contributed by atoms with Gasteiger partial charge in [-0.05, 0) is 68.3 Å². The molecule has 222 valence electrons. The van der Waals surface area contributed by atoms with Gasteiger partial charge in [-0.25, -0.2) is 4.39 Å². The van der Waals surface area contributed by atoms with Crippen LogP contribution in [0, 0.1) is 5.82 Å². The number of hydrogen-bond donors (Lipinski definition) is 3.